The lowest BCUT2D eigenvalue weighted by Crippen LogP contribution is -2.35. The van der Waals surface area contributed by atoms with Crippen LogP contribution in [0.4, 0.5) is 23.1 Å². The largest absolute Gasteiger partial charge is 0.495 e. The van der Waals surface area contributed by atoms with E-state index in [1.807, 2.05) is 12.3 Å². The van der Waals surface area contributed by atoms with Crippen LogP contribution in [0.15, 0.2) is 53.8 Å². The Hall–Kier alpha value is -3.58. The number of benzene rings is 1. The van der Waals surface area contributed by atoms with Crippen molar-refractivity contribution in [2.45, 2.75) is 6.54 Å². The van der Waals surface area contributed by atoms with Crippen LogP contribution in [0.25, 0.3) is 11.3 Å². The van der Waals surface area contributed by atoms with E-state index in [0.717, 1.165) is 38.4 Å². The van der Waals surface area contributed by atoms with E-state index in [2.05, 4.69) is 62.4 Å². The molecule has 4 heterocycles. The molecule has 11 nitrogen and oxygen atoms in total. The Bertz CT molecular complexity index is 1410. The van der Waals surface area contributed by atoms with Crippen molar-refractivity contribution in [3.05, 3.63) is 64.4 Å². The Morgan fingerprint density at radius 3 is 2.51 bits per heavy atom. The number of nitrogens with zero attached hydrogens (tertiary/aromatic N) is 6. The molecule has 1 fully saturated rings. The minimum atomic E-state index is 0.364. The van der Waals surface area contributed by atoms with Crippen molar-refractivity contribution in [1.29, 1.82) is 0 Å². The van der Waals surface area contributed by atoms with Gasteiger partial charge in [-0.3, -0.25) is 4.90 Å². The van der Waals surface area contributed by atoms with Crippen LogP contribution in [0.1, 0.15) is 5.56 Å². The quantitative estimate of drug-likeness (QED) is 0.263. The summed E-state index contributed by atoms with van der Waals surface area (Å²) >= 11 is 10.2. The summed E-state index contributed by atoms with van der Waals surface area (Å²) < 4.78 is 16.9. The molecule has 0 saturated carbocycles. The number of hydrogen-bond acceptors (Lipinski definition) is 11. The van der Waals surface area contributed by atoms with Gasteiger partial charge in [0.25, 0.3) is 0 Å². The first kappa shape index (κ1) is 27.0. The monoisotopic (exact) mass is 612 g/mol. The molecule has 1 aliphatic heterocycles. The van der Waals surface area contributed by atoms with E-state index in [-0.39, 0.29) is 0 Å². The molecule has 0 unspecified atom stereocenters. The summed E-state index contributed by atoms with van der Waals surface area (Å²) in [5, 5.41) is 6.88. The van der Waals surface area contributed by atoms with Crippen LogP contribution in [-0.2, 0) is 11.3 Å². The van der Waals surface area contributed by atoms with Crippen LogP contribution in [0.2, 0.25) is 5.02 Å². The maximum atomic E-state index is 6.61. The standard InChI is InChI=1S/C26H26BrClN8O3/c1-37-19-10-20(38-2)24(28)25(23(19)27)35-26-17(12-29-14-33-26)18-9-22(32-15-31-18)34-21-4-3-16(11-30-21)13-36-5-7-39-8-6-36/h3-4,9-12,14-15H,5-8,13H2,1-2H3,(H,29,33,35)(H,30,31,32,34). The van der Waals surface area contributed by atoms with Crippen molar-refractivity contribution in [1.82, 2.24) is 29.8 Å². The van der Waals surface area contributed by atoms with Gasteiger partial charge in [0.1, 0.15) is 46.6 Å². The van der Waals surface area contributed by atoms with Gasteiger partial charge in [0.05, 0.1) is 48.9 Å². The zero-order chi connectivity index (χ0) is 27.2. The van der Waals surface area contributed by atoms with E-state index in [1.165, 1.54) is 19.8 Å². The number of rotatable bonds is 9. The predicted molar refractivity (Wildman–Crippen MR) is 152 cm³/mol. The fourth-order valence-electron chi connectivity index (χ4n) is 4.04. The highest BCUT2D eigenvalue weighted by molar-refractivity contribution is 9.10. The van der Waals surface area contributed by atoms with Crippen LogP contribution in [0.5, 0.6) is 11.5 Å². The number of nitrogens with one attached hydrogen (secondary N) is 2. The summed E-state index contributed by atoms with van der Waals surface area (Å²) in [6.45, 7) is 4.24. The second-order valence-electron chi connectivity index (χ2n) is 8.55. The SMILES string of the molecule is COc1cc(OC)c(Br)c(Nc2ncncc2-c2cc(Nc3ccc(CN4CCOCC4)cn3)ncn2)c1Cl. The Morgan fingerprint density at radius 1 is 0.949 bits per heavy atom. The Balaban J connectivity index is 1.36. The van der Waals surface area contributed by atoms with Gasteiger partial charge in [-0.2, -0.15) is 0 Å². The summed E-state index contributed by atoms with van der Waals surface area (Å²) in [5.74, 6) is 2.73. The topological polar surface area (TPSA) is 119 Å². The first-order chi connectivity index (χ1) is 19.1. The fraction of sp³-hybridized carbons (Fsp3) is 0.269. The second kappa shape index (κ2) is 12.5. The number of ether oxygens (including phenoxy) is 3. The van der Waals surface area contributed by atoms with Crippen molar-refractivity contribution in [2.75, 3.05) is 51.2 Å². The van der Waals surface area contributed by atoms with Gasteiger partial charge < -0.3 is 24.8 Å². The lowest BCUT2D eigenvalue weighted by molar-refractivity contribution is 0.0341. The van der Waals surface area contributed by atoms with E-state index in [1.54, 1.807) is 25.4 Å². The highest BCUT2D eigenvalue weighted by atomic mass is 79.9. The molecule has 13 heteroatoms. The van der Waals surface area contributed by atoms with Gasteiger partial charge in [-0.05, 0) is 27.6 Å². The van der Waals surface area contributed by atoms with Gasteiger partial charge >= 0.3 is 0 Å². The average Bonchev–Trinajstić information content (AvgIpc) is 2.97. The first-order valence-electron chi connectivity index (χ1n) is 12.1. The van der Waals surface area contributed by atoms with Gasteiger partial charge in [-0.15, -0.1) is 0 Å². The lowest BCUT2D eigenvalue weighted by atomic mass is 10.2. The molecule has 3 aromatic heterocycles. The van der Waals surface area contributed by atoms with Gasteiger partial charge in [0, 0.05) is 44.2 Å². The maximum absolute atomic E-state index is 6.61. The van der Waals surface area contributed by atoms with Crippen LogP contribution >= 0.6 is 27.5 Å². The summed E-state index contributed by atoms with van der Waals surface area (Å²) in [7, 11) is 3.10. The number of morpholine rings is 1. The molecular formula is C26H26BrClN8O3. The Morgan fingerprint density at radius 2 is 1.77 bits per heavy atom. The molecule has 0 amide bonds. The molecule has 0 radical (unpaired) electrons. The smallest absolute Gasteiger partial charge is 0.143 e. The lowest BCUT2D eigenvalue weighted by Gasteiger charge is -2.26. The normalized spacial score (nSPS) is 13.6. The number of pyridine rings is 1. The first-order valence-corrected chi connectivity index (χ1v) is 13.2. The molecule has 1 aliphatic rings. The number of hydrogen-bond donors (Lipinski definition) is 2. The van der Waals surface area contributed by atoms with Gasteiger partial charge in [-0.1, -0.05) is 17.7 Å². The Labute approximate surface area is 239 Å². The van der Waals surface area contributed by atoms with E-state index in [0.29, 0.717) is 55.4 Å². The molecule has 2 N–H and O–H groups in total. The number of aromatic nitrogens is 5. The predicted octanol–water partition coefficient (Wildman–Crippen LogP) is 5.08. The van der Waals surface area contributed by atoms with Gasteiger partial charge in [-0.25, -0.2) is 24.9 Å². The number of halogens is 2. The zero-order valence-corrected chi connectivity index (χ0v) is 23.7. The third kappa shape index (κ3) is 6.36. The molecule has 202 valence electrons. The third-order valence-electron chi connectivity index (χ3n) is 6.06. The van der Waals surface area contributed by atoms with Crippen molar-refractivity contribution >= 4 is 50.7 Å². The van der Waals surface area contributed by atoms with Gasteiger partial charge in [0.15, 0.2) is 0 Å². The summed E-state index contributed by atoms with van der Waals surface area (Å²) in [6, 6.07) is 7.50. The third-order valence-corrected chi connectivity index (χ3v) is 7.23. The number of anilines is 4. The van der Waals surface area contributed by atoms with Crippen molar-refractivity contribution in [3.63, 3.8) is 0 Å². The highest BCUT2D eigenvalue weighted by Gasteiger charge is 2.19. The summed E-state index contributed by atoms with van der Waals surface area (Å²) in [4.78, 5) is 24.3. The van der Waals surface area contributed by atoms with E-state index >= 15 is 0 Å². The second-order valence-corrected chi connectivity index (χ2v) is 9.72. The number of methoxy groups -OCH3 is 2. The summed E-state index contributed by atoms with van der Waals surface area (Å²) in [5.41, 5.74) is 2.91. The van der Waals surface area contributed by atoms with Crippen molar-refractivity contribution in [3.8, 4) is 22.8 Å². The molecule has 0 spiro atoms. The molecule has 0 bridgehead atoms. The molecular weight excluding hydrogens is 588 g/mol. The minimum Gasteiger partial charge on any atom is -0.495 e. The van der Waals surface area contributed by atoms with E-state index in [4.69, 9.17) is 25.8 Å². The molecule has 4 aromatic rings. The zero-order valence-electron chi connectivity index (χ0n) is 21.3. The van der Waals surface area contributed by atoms with Crippen LogP contribution in [0, 0.1) is 0 Å². The minimum absolute atomic E-state index is 0.364. The van der Waals surface area contributed by atoms with E-state index < -0.39 is 0 Å². The van der Waals surface area contributed by atoms with E-state index in [9.17, 15) is 0 Å². The molecule has 0 aliphatic carbocycles. The van der Waals surface area contributed by atoms with Crippen LogP contribution in [-0.4, -0.2) is 70.3 Å². The van der Waals surface area contributed by atoms with Crippen molar-refractivity contribution < 1.29 is 14.2 Å². The Kier molecular flexibility index (Phi) is 8.67. The molecule has 1 saturated heterocycles. The van der Waals surface area contributed by atoms with Crippen LogP contribution < -0.4 is 20.1 Å². The average molecular weight is 614 g/mol. The van der Waals surface area contributed by atoms with Gasteiger partial charge in [0.2, 0.25) is 0 Å². The van der Waals surface area contributed by atoms with Crippen LogP contribution in [0.3, 0.4) is 0 Å². The molecule has 1 aromatic carbocycles. The highest BCUT2D eigenvalue weighted by Crippen LogP contribution is 2.45. The molecule has 39 heavy (non-hydrogen) atoms. The van der Waals surface area contributed by atoms with Crippen molar-refractivity contribution in [2.24, 2.45) is 0 Å². The summed E-state index contributed by atoms with van der Waals surface area (Å²) in [6.07, 6.45) is 6.45. The maximum Gasteiger partial charge on any atom is 0.143 e. The molecule has 0 atom stereocenters. The molecule has 5 rings (SSSR count). The fourth-order valence-corrected chi connectivity index (χ4v) is 5.01.